The first kappa shape index (κ1) is 2.75. The Bertz CT molecular complexity index is 331. The van der Waals surface area contributed by atoms with E-state index in [0.717, 1.165) is 0 Å². The number of halogens is 1. The van der Waals surface area contributed by atoms with Crippen LogP contribution in [0.3, 0.4) is 0 Å². The molecule has 1 heteroatoms. The maximum absolute atomic E-state index is 7.50. The summed E-state index contributed by atoms with van der Waals surface area (Å²) in [5, 5.41) is 0. The number of hydrogen-bond donors (Lipinski definition) is 0. The lowest BCUT2D eigenvalue weighted by Crippen LogP contribution is -1.76. The molecule has 1 rings (SSSR count). The van der Waals surface area contributed by atoms with Crippen LogP contribution < -0.4 is 0 Å². The molecule has 1 aromatic carbocycles. The van der Waals surface area contributed by atoms with Crippen LogP contribution in [-0.4, -0.2) is 0 Å². The van der Waals surface area contributed by atoms with Crippen LogP contribution in [0.2, 0.25) is 0 Å². The van der Waals surface area contributed by atoms with E-state index < -0.39 is 13.2 Å². The van der Waals surface area contributed by atoms with Gasteiger partial charge in [-0.3, -0.25) is 0 Å². The van der Waals surface area contributed by atoms with E-state index in [0.29, 0.717) is 4.47 Å². The van der Waals surface area contributed by atoms with Crippen LogP contribution in [0, 0.1) is 0 Å². The largest absolute Gasteiger partial charge is 0.0613 e. The summed E-state index contributed by atoms with van der Waals surface area (Å²) in [6.45, 7) is -2.65. The van der Waals surface area contributed by atoms with E-state index in [1.165, 1.54) is 12.1 Å². The van der Waals surface area contributed by atoms with Crippen LogP contribution in [0.25, 0.3) is 0 Å². The van der Waals surface area contributed by atoms with Crippen molar-refractivity contribution in [3.63, 3.8) is 0 Å². The fraction of sp³-hybridized carbons (Fsp3) is 0.250. The van der Waals surface area contributed by atoms with E-state index in [1.807, 2.05) is 0 Å². The first-order valence-electron chi connectivity index (χ1n) is 5.01. The van der Waals surface area contributed by atoms with Gasteiger partial charge in [-0.15, -0.1) is 0 Å². The molecule has 0 saturated heterocycles. The monoisotopic (exact) mass is 189 g/mol. The van der Waals surface area contributed by atoms with Gasteiger partial charge in [0, 0.05) is 11.3 Å². The highest BCUT2D eigenvalue weighted by Gasteiger charge is 1.87. The van der Waals surface area contributed by atoms with Gasteiger partial charge in [0.15, 0.2) is 0 Å². The van der Waals surface area contributed by atoms with Crippen molar-refractivity contribution in [1.29, 1.82) is 0 Å². The quantitative estimate of drug-likeness (QED) is 0.638. The van der Waals surface area contributed by atoms with Crippen molar-refractivity contribution < 1.29 is 6.85 Å². The van der Waals surface area contributed by atoms with Gasteiger partial charge in [-0.05, 0) is 24.1 Å². The molecule has 0 saturated carbocycles. The van der Waals surface area contributed by atoms with E-state index in [9.17, 15) is 0 Å². The van der Waals surface area contributed by atoms with Gasteiger partial charge in [-0.25, -0.2) is 0 Å². The molecule has 0 aliphatic carbocycles. The lowest BCUT2D eigenvalue weighted by molar-refractivity contribution is 1.14. The molecule has 0 aliphatic rings. The minimum absolute atomic E-state index is 0.159. The molecule has 1 aromatic rings. The van der Waals surface area contributed by atoms with Gasteiger partial charge in [-0.1, -0.05) is 34.9 Å². The Morgan fingerprint density at radius 1 is 1.78 bits per heavy atom. The van der Waals surface area contributed by atoms with Gasteiger partial charge in [0.2, 0.25) is 0 Å². The van der Waals surface area contributed by atoms with Gasteiger partial charge in [0.05, 0.1) is 0 Å². The van der Waals surface area contributed by atoms with E-state index in [-0.39, 0.29) is 5.56 Å². The summed E-state index contributed by atoms with van der Waals surface area (Å²) in [4.78, 5) is 0. The molecular formula is C8H9Br. The Morgan fingerprint density at radius 2 is 2.67 bits per heavy atom. The van der Waals surface area contributed by atoms with Crippen LogP contribution >= 0.6 is 15.9 Å². The SMILES string of the molecule is [2H]C([2H])([2H])C([2H])([2H])c1cccc(Br)c1. The molecule has 0 amide bonds. The molecule has 0 heterocycles. The van der Waals surface area contributed by atoms with E-state index in [4.69, 9.17) is 6.85 Å². The average molecular weight is 190 g/mol. The van der Waals surface area contributed by atoms with Crippen molar-refractivity contribution in [1.82, 2.24) is 0 Å². The van der Waals surface area contributed by atoms with Gasteiger partial charge in [0.1, 0.15) is 0 Å². The van der Waals surface area contributed by atoms with Crippen molar-refractivity contribution in [3.8, 4) is 0 Å². The summed E-state index contributed by atoms with van der Waals surface area (Å²) >= 11 is 3.17. The normalized spacial score (nSPS) is 20.8. The molecule has 0 unspecified atom stereocenters. The smallest absolute Gasteiger partial charge is 0.0313 e. The van der Waals surface area contributed by atoms with Crippen molar-refractivity contribution in [2.75, 3.05) is 0 Å². The summed E-state index contributed by atoms with van der Waals surface area (Å²) in [7, 11) is 0. The van der Waals surface area contributed by atoms with E-state index in [2.05, 4.69) is 15.9 Å². The van der Waals surface area contributed by atoms with Gasteiger partial charge >= 0.3 is 0 Å². The van der Waals surface area contributed by atoms with Crippen molar-refractivity contribution >= 4 is 15.9 Å². The Balaban J connectivity index is 3.16. The Labute approximate surface area is 71.1 Å². The first-order chi connectivity index (χ1) is 6.25. The summed E-state index contributed by atoms with van der Waals surface area (Å²) in [6, 6.07) is 6.28. The summed E-state index contributed by atoms with van der Waals surface area (Å²) in [5.41, 5.74) is 0.159. The highest BCUT2D eigenvalue weighted by Crippen LogP contribution is 2.11. The molecule has 0 spiro atoms. The Kier molecular flexibility index (Phi) is 0.922. The number of hydrogen-bond acceptors (Lipinski definition) is 0. The van der Waals surface area contributed by atoms with Gasteiger partial charge in [-0.2, -0.15) is 0 Å². The van der Waals surface area contributed by atoms with Gasteiger partial charge in [0.25, 0.3) is 0 Å². The lowest BCUT2D eigenvalue weighted by Gasteiger charge is -1.94. The molecule has 0 nitrogen and oxygen atoms in total. The van der Waals surface area contributed by atoms with Crippen LogP contribution in [-0.2, 0) is 6.37 Å². The molecule has 0 aliphatic heterocycles. The number of aryl methyl sites for hydroxylation is 1. The van der Waals surface area contributed by atoms with Crippen LogP contribution in [0.15, 0.2) is 28.7 Å². The maximum Gasteiger partial charge on any atom is 0.0313 e. The molecule has 48 valence electrons. The second kappa shape index (κ2) is 3.02. The second-order valence-corrected chi connectivity index (χ2v) is 2.55. The maximum atomic E-state index is 7.50. The Morgan fingerprint density at radius 3 is 3.33 bits per heavy atom. The standard InChI is InChI=1S/C8H9Br/c1-2-7-4-3-5-8(9)6-7/h3-6H,2H2,1H3/i1D3,2D2. The summed E-state index contributed by atoms with van der Waals surface area (Å²) in [5.74, 6) is 0. The molecule has 0 aromatic heterocycles. The van der Waals surface area contributed by atoms with Crippen molar-refractivity contribution in [2.24, 2.45) is 0 Å². The molecule has 0 bridgehead atoms. The predicted octanol–water partition coefficient (Wildman–Crippen LogP) is 3.01. The van der Waals surface area contributed by atoms with E-state index >= 15 is 0 Å². The second-order valence-electron chi connectivity index (χ2n) is 1.64. The third-order valence-electron chi connectivity index (χ3n) is 0.969. The Hall–Kier alpha value is -0.300. The molecule has 0 N–H and O–H groups in total. The number of rotatable bonds is 1. The van der Waals surface area contributed by atoms with Crippen LogP contribution in [0.1, 0.15) is 19.3 Å². The van der Waals surface area contributed by atoms with E-state index in [1.54, 1.807) is 12.1 Å². The molecular weight excluding hydrogens is 176 g/mol. The molecule has 9 heavy (non-hydrogen) atoms. The van der Waals surface area contributed by atoms with Crippen LogP contribution in [0.5, 0.6) is 0 Å². The average Bonchev–Trinajstić information content (AvgIpc) is 2.02. The molecule has 0 fully saturated rings. The third kappa shape index (κ3) is 1.83. The minimum Gasteiger partial charge on any atom is -0.0613 e. The molecule has 0 radical (unpaired) electrons. The summed E-state index contributed by atoms with van der Waals surface area (Å²) in [6.07, 6.45) is -2.31. The highest BCUT2D eigenvalue weighted by atomic mass is 79.9. The lowest BCUT2D eigenvalue weighted by atomic mass is 10.2. The topological polar surface area (TPSA) is 0 Å². The zero-order chi connectivity index (χ0) is 11.0. The predicted molar refractivity (Wildman–Crippen MR) is 43.5 cm³/mol. The number of benzene rings is 1. The van der Waals surface area contributed by atoms with Crippen molar-refractivity contribution in [2.45, 2.75) is 13.2 Å². The fourth-order valence-electron chi connectivity index (χ4n) is 0.566. The third-order valence-corrected chi connectivity index (χ3v) is 1.46. The van der Waals surface area contributed by atoms with Gasteiger partial charge < -0.3 is 0 Å². The summed E-state index contributed by atoms with van der Waals surface area (Å²) < 4.78 is 36.9. The highest BCUT2D eigenvalue weighted by molar-refractivity contribution is 9.10. The fourth-order valence-corrected chi connectivity index (χ4v) is 0.965. The van der Waals surface area contributed by atoms with Crippen LogP contribution in [0.4, 0.5) is 0 Å². The van der Waals surface area contributed by atoms with Crippen molar-refractivity contribution in [3.05, 3.63) is 34.3 Å². The molecule has 0 atom stereocenters. The minimum atomic E-state index is -2.65. The first-order valence-corrected chi connectivity index (χ1v) is 3.30. The zero-order valence-electron chi connectivity index (χ0n) is 9.69. The zero-order valence-corrected chi connectivity index (χ0v) is 6.27.